The first-order valence-electron chi connectivity index (χ1n) is 8.58. The van der Waals surface area contributed by atoms with E-state index in [4.69, 9.17) is 0 Å². The molecule has 26 heavy (non-hydrogen) atoms. The molecule has 3 rings (SSSR count). The van der Waals surface area contributed by atoms with Crippen molar-refractivity contribution >= 4 is 17.2 Å². The molecule has 2 aromatic heterocycles. The third-order valence-corrected chi connectivity index (χ3v) is 5.36. The van der Waals surface area contributed by atoms with Crippen molar-refractivity contribution in [1.82, 2.24) is 20.1 Å². The predicted molar refractivity (Wildman–Crippen MR) is 104 cm³/mol. The van der Waals surface area contributed by atoms with Crippen molar-refractivity contribution in [2.45, 2.75) is 32.7 Å². The van der Waals surface area contributed by atoms with E-state index in [1.54, 1.807) is 29.5 Å². The van der Waals surface area contributed by atoms with Crippen LogP contribution < -0.4 is 0 Å². The normalized spacial score (nSPS) is 12.2. The summed E-state index contributed by atoms with van der Waals surface area (Å²) < 4.78 is 0. The molecule has 3 aromatic rings. The molecule has 0 unspecified atom stereocenters. The second kappa shape index (κ2) is 7.74. The lowest BCUT2D eigenvalue weighted by molar-refractivity contribution is 0.0742. The summed E-state index contributed by atoms with van der Waals surface area (Å²) in [6.45, 7) is 6.16. The van der Waals surface area contributed by atoms with Crippen LogP contribution >= 0.6 is 11.3 Å². The highest BCUT2D eigenvalue weighted by atomic mass is 32.1. The first-order valence-corrected chi connectivity index (χ1v) is 9.46. The quantitative estimate of drug-likeness (QED) is 0.664. The molecule has 2 heterocycles. The van der Waals surface area contributed by atoms with Gasteiger partial charge in [0.1, 0.15) is 5.01 Å². The molecular formula is C20H22N4OS. The summed E-state index contributed by atoms with van der Waals surface area (Å²) in [7, 11) is 1.80. The second-order valence-electron chi connectivity index (χ2n) is 6.54. The summed E-state index contributed by atoms with van der Waals surface area (Å²) in [6, 6.07) is 11.4. The number of thiazole rings is 1. The Hall–Kier alpha value is -2.60. The lowest BCUT2D eigenvalue weighted by atomic mass is 10.1. The number of rotatable bonds is 5. The molecular weight excluding hydrogens is 344 g/mol. The molecule has 1 atom stereocenters. The molecule has 6 heteroatoms. The van der Waals surface area contributed by atoms with Crippen LogP contribution in [0, 0.1) is 0 Å². The van der Waals surface area contributed by atoms with E-state index < -0.39 is 0 Å². The molecule has 5 nitrogen and oxygen atoms in total. The zero-order valence-corrected chi connectivity index (χ0v) is 16.2. The van der Waals surface area contributed by atoms with E-state index in [1.807, 2.05) is 48.7 Å². The van der Waals surface area contributed by atoms with Crippen LogP contribution in [0.5, 0.6) is 0 Å². The van der Waals surface area contributed by atoms with Gasteiger partial charge in [0.05, 0.1) is 17.4 Å². The van der Waals surface area contributed by atoms with E-state index in [2.05, 4.69) is 29.0 Å². The van der Waals surface area contributed by atoms with Gasteiger partial charge in [-0.2, -0.15) is 10.2 Å². The van der Waals surface area contributed by atoms with E-state index in [9.17, 15) is 4.79 Å². The lowest BCUT2D eigenvalue weighted by Crippen LogP contribution is -2.29. The van der Waals surface area contributed by atoms with Crippen LogP contribution in [0.2, 0.25) is 0 Å². The fourth-order valence-corrected chi connectivity index (χ4v) is 3.31. The van der Waals surface area contributed by atoms with Gasteiger partial charge in [-0.05, 0) is 37.1 Å². The van der Waals surface area contributed by atoms with Gasteiger partial charge in [0.15, 0.2) is 0 Å². The number of carbonyl (C=O) groups is 1. The summed E-state index contributed by atoms with van der Waals surface area (Å²) in [5, 5.41) is 11.4. The Morgan fingerprint density at radius 2 is 1.77 bits per heavy atom. The molecule has 1 amide bonds. The van der Waals surface area contributed by atoms with Gasteiger partial charge in [0.25, 0.3) is 5.91 Å². The summed E-state index contributed by atoms with van der Waals surface area (Å²) in [5.74, 6) is 0.326. The van der Waals surface area contributed by atoms with Gasteiger partial charge in [-0.1, -0.05) is 26.0 Å². The standard InChI is InChI=1S/C20H22N4OS/c1-13(2)17-9-10-18(23-22-17)15-5-7-16(8-6-15)20(25)24(4)14(3)19-21-11-12-26-19/h5-14H,1-4H3/t14-/m1/s1. The first-order chi connectivity index (χ1) is 12.5. The van der Waals surface area contributed by atoms with Gasteiger partial charge in [-0.15, -0.1) is 11.3 Å². The Balaban J connectivity index is 1.75. The second-order valence-corrected chi connectivity index (χ2v) is 7.46. The van der Waals surface area contributed by atoms with E-state index in [0.29, 0.717) is 11.5 Å². The summed E-state index contributed by atoms with van der Waals surface area (Å²) in [4.78, 5) is 18.7. The zero-order chi connectivity index (χ0) is 18.7. The lowest BCUT2D eigenvalue weighted by Gasteiger charge is -2.23. The molecule has 0 fully saturated rings. The van der Waals surface area contributed by atoms with E-state index >= 15 is 0 Å². The monoisotopic (exact) mass is 366 g/mol. The third-order valence-electron chi connectivity index (χ3n) is 4.41. The highest BCUT2D eigenvalue weighted by molar-refractivity contribution is 7.09. The Morgan fingerprint density at radius 3 is 2.31 bits per heavy atom. The van der Waals surface area contributed by atoms with Crippen LogP contribution in [-0.2, 0) is 0 Å². The fraction of sp³-hybridized carbons (Fsp3) is 0.300. The molecule has 0 N–H and O–H groups in total. The Bertz CT molecular complexity index is 858. The Kier molecular flexibility index (Phi) is 5.42. The molecule has 134 valence electrons. The van der Waals surface area contributed by atoms with Crippen molar-refractivity contribution in [1.29, 1.82) is 0 Å². The van der Waals surface area contributed by atoms with E-state index in [-0.39, 0.29) is 11.9 Å². The maximum absolute atomic E-state index is 12.7. The van der Waals surface area contributed by atoms with Crippen LogP contribution in [0.3, 0.4) is 0 Å². The van der Waals surface area contributed by atoms with Crippen molar-refractivity contribution in [2.75, 3.05) is 7.05 Å². The van der Waals surface area contributed by atoms with Gasteiger partial charge in [-0.3, -0.25) is 4.79 Å². The maximum Gasteiger partial charge on any atom is 0.254 e. The fourth-order valence-electron chi connectivity index (χ4n) is 2.57. The maximum atomic E-state index is 12.7. The van der Waals surface area contributed by atoms with Crippen LogP contribution in [0.1, 0.15) is 53.8 Å². The van der Waals surface area contributed by atoms with Crippen molar-refractivity contribution in [3.8, 4) is 11.3 Å². The molecule has 0 aliphatic rings. The molecule has 0 aliphatic heterocycles. The third kappa shape index (κ3) is 3.80. The average Bonchev–Trinajstić information content (AvgIpc) is 3.21. The van der Waals surface area contributed by atoms with Crippen molar-refractivity contribution in [3.63, 3.8) is 0 Å². The minimum Gasteiger partial charge on any atom is -0.333 e. The Morgan fingerprint density at radius 1 is 1.04 bits per heavy atom. The average molecular weight is 366 g/mol. The predicted octanol–water partition coefficient (Wildman–Crippen LogP) is 4.56. The molecule has 0 saturated heterocycles. The molecule has 0 saturated carbocycles. The summed E-state index contributed by atoms with van der Waals surface area (Å²) in [6.07, 6.45) is 1.76. The molecule has 0 bridgehead atoms. The number of aromatic nitrogens is 3. The molecule has 1 aromatic carbocycles. The van der Waals surface area contributed by atoms with Crippen molar-refractivity contribution in [2.24, 2.45) is 0 Å². The SMILES string of the molecule is CC(C)c1ccc(-c2ccc(C(=O)N(C)[C@H](C)c3nccs3)cc2)nn1. The van der Waals surface area contributed by atoms with Gasteiger partial charge < -0.3 is 4.90 Å². The number of benzene rings is 1. The van der Waals surface area contributed by atoms with Crippen LogP contribution in [-0.4, -0.2) is 33.0 Å². The largest absolute Gasteiger partial charge is 0.333 e. The van der Waals surface area contributed by atoms with E-state index in [1.165, 1.54) is 0 Å². The topological polar surface area (TPSA) is 59.0 Å². The number of nitrogens with zero attached hydrogens (tertiary/aromatic N) is 4. The van der Waals surface area contributed by atoms with Crippen molar-refractivity contribution < 1.29 is 4.79 Å². The number of carbonyl (C=O) groups excluding carboxylic acids is 1. The number of hydrogen-bond donors (Lipinski definition) is 0. The summed E-state index contributed by atoms with van der Waals surface area (Å²) in [5.41, 5.74) is 3.36. The summed E-state index contributed by atoms with van der Waals surface area (Å²) >= 11 is 1.55. The van der Waals surface area contributed by atoms with Crippen LogP contribution in [0.25, 0.3) is 11.3 Å². The minimum atomic E-state index is -0.0587. The van der Waals surface area contributed by atoms with E-state index in [0.717, 1.165) is 22.0 Å². The molecule has 0 spiro atoms. The van der Waals surface area contributed by atoms with Gasteiger partial charge in [0, 0.05) is 29.8 Å². The number of hydrogen-bond acceptors (Lipinski definition) is 5. The van der Waals surface area contributed by atoms with Crippen LogP contribution in [0.15, 0.2) is 48.0 Å². The van der Waals surface area contributed by atoms with Crippen LogP contribution in [0.4, 0.5) is 0 Å². The first kappa shape index (κ1) is 18.2. The minimum absolute atomic E-state index is 0.0273. The van der Waals surface area contributed by atoms with Gasteiger partial charge in [0.2, 0.25) is 0 Å². The van der Waals surface area contributed by atoms with Gasteiger partial charge >= 0.3 is 0 Å². The number of amides is 1. The molecule has 0 radical (unpaired) electrons. The zero-order valence-electron chi connectivity index (χ0n) is 15.4. The van der Waals surface area contributed by atoms with Gasteiger partial charge in [-0.25, -0.2) is 4.98 Å². The Labute approximate surface area is 157 Å². The van der Waals surface area contributed by atoms with Crippen molar-refractivity contribution in [3.05, 3.63) is 64.2 Å². The highest BCUT2D eigenvalue weighted by Crippen LogP contribution is 2.24. The highest BCUT2D eigenvalue weighted by Gasteiger charge is 2.20. The smallest absolute Gasteiger partial charge is 0.254 e. The molecule has 0 aliphatic carbocycles.